The van der Waals surface area contributed by atoms with Crippen LogP contribution in [0.15, 0.2) is 33.9 Å². The minimum absolute atomic E-state index is 0.279. The number of nitrogens with zero attached hydrogens (tertiary/aromatic N) is 1. The lowest BCUT2D eigenvalue weighted by molar-refractivity contribution is 0.0943. The van der Waals surface area contributed by atoms with E-state index in [9.17, 15) is 14.4 Å². The number of carbonyl (C=O) groups is 1. The number of H-pyrrole nitrogens is 2. The van der Waals surface area contributed by atoms with E-state index in [1.807, 2.05) is 41.3 Å². The fourth-order valence-electron chi connectivity index (χ4n) is 1.59. The molecule has 0 aliphatic carbocycles. The lowest BCUT2D eigenvalue weighted by atomic mass is 10.1. The molecular weight excluding hydrogens is 248 g/mol. The number of aryl methyl sites for hydroxylation is 1. The molecule has 0 radical (unpaired) electrons. The quantitative estimate of drug-likeness (QED) is 0.703. The summed E-state index contributed by atoms with van der Waals surface area (Å²) < 4.78 is 0. The lowest BCUT2D eigenvalue weighted by Crippen LogP contribution is -2.35. The number of rotatable bonds is 3. The van der Waals surface area contributed by atoms with E-state index >= 15 is 0 Å². The summed E-state index contributed by atoms with van der Waals surface area (Å²) in [4.78, 5) is 35.8. The zero-order valence-corrected chi connectivity index (χ0v) is 10.2. The van der Waals surface area contributed by atoms with Crippen molar-refractivity contribution < 1.29 is 4.79 Å². The van der Waals surface area contributed by atoms with Crippen LogP contribution < -0.4 is 16.6 Å². The van der Waals surface area contributed by atoms with Crippen molar-refractivity contribution >= 4 is 5.91 Å². The molecule has 0 atom stereocenters. The monoisotopic (exact) mass is 260 g/mol. The van der Waals surface area contributed by atoms with Crippen LogP contribution in [-0.2, 0) is 6.54 Å². The highest BCUT2D eigenvalue weighted by molar-refractivity contribution is 5.91. The van der Waals surface area contributed by atoms with Gasteiger partial charge in [0.25, 0.3) is 11.5 Å². The summed E-state index contributed by atoms with van der Waals surface area (Å²) in [6.45, 7) is 2.22. The highest BCUT2D eigenvalue weighted by Crippen LogP contribution is 2.03. The summed E-state index contributed by atoms with van der Waals surface area (Å²) in [5.74, 6) is -0.640. The van der Waals surface area contributed by atoms with E-state index < -0.39 is 17.2 Å². The molecule has 0 saturated carbocycles. The second-order valence-corrected chi connectivity index (χ2v) is 4.03. The maximum atomic E-state index is 11.7. The lowest BCUT2D eigenvalue weighted by Gasteiger charge is -2.04. The average Bonchev–Trinajstić information content (AvgIpc) is 2.36. The van der Waals surface area contributed by atoms with Crippen LogP contribution in [0.3, 0.4) is 0 Å². The first-order valence-electron chi connectivity index (χ1n) is 5.59. The largest absolute Gasteiger partial charge is 0.346 e. The summed E-state index contributed by atoms with van der Waals surface area (Å²) in [5.41, 5.74) is 0.0546. The van der Waals surface area contributed by atoms with Crippen molar-refractivity contribution in [3.05, 3.63) is 61.9 Å². The van der Waals surface area contributed by atoms with E-state index in [0.717, 1.165) is 11.1 Å². The molecular formula is C12H12N4O3. The SMILES string of the molecule is Cc1cccc(CNC(=O)c2n[nH]c(=O)[nH]c2=O)c1. The Hall–Kier alpha value is -2.70. The highest BCUT2D eigenvalue weighted by Gasteiger charge is 2.12. The van der Waals surface area contributed by atoms with Gasteiger partial charge in [-0.15, -0.1) is 0 Å². The molecule has 0 spiro atoms. The average molecular weight is 260 g/mol. The van der Waals surface area contributed by atoms with E-state index in [0.29, 0.717) is 0 Å². The zero-order chi connectivity index (χ0) is 13.8. The van der Waals surface area contributed by atoms with Gasteiger partial charge in [-0.3, -0.25) is 14.6 Å². The van der Waals surface area contributed by atoms with Crippen LogP contribution in [0, 0.1) is 6.92 Å². The molecule has 2 aromatic rings. The van der Waals surface area contributed by atoms with Crippen LogP contribution >= 0.6 is 0 Å². The Morgan fingerprint density at radius 2 is 2.16 bits per heavy atom. The summed E-state index contributed by atoms with van der Waals surface area (Å²) in [7, 11) is 0. The van der Waals surface area contributed by atoms with E-state index in [2.05, 4.69) is 10.4 Å². The predicted octanol–water partition coefficient (Wildman–Crippen LogP) is -0.303. The molecule has 0 aliphatic heterocycles. The molecule has 0 unspecified atom stereocenters. The molecule has 1 aromatic carbocycles. The fourth-order valence-corrected chi connectivity index (χ4v) is 1.59. The standard InChI is InChI=1S/C12H12N4O3/c1-7-3-2-4-8(5-7)6-13-10(17)9-11(18)14-12(19)16-15-9/h2-5H,6H2,1H3,(H,13,17)(H2,14,16,18,19). The van der Waals surface area contributed by atoms with Gasteiger partial charge in [-0.1, -0.05) is 29.8 Å². The topological polar surface area (TPSA) is 108 Å². The van der Waals surface area contributed by atoms with Gasteiger partial charge < -0.3 is 5.32 Å². The van der Waals surface area contributed by atoms with E-state index in [1.54, 1.807) is 0 Å². The number of hydrogen-bond acceptors (Lipinski definition) is 4. The normalized spacial score (nSPS) is 10.2. The van der Waals surface area contributed by atoms with Gasteiger partial charge in [-0.05, 0) is 12.5 Å². The molecule has 2 rings (SSSR count). The van der Waals surface area contributed by atoms with Crippen LogP contribution in [0.4, 0.5) is 0 Å². The molecule has 98 valence electrons. The minimum Gasteiger partial charge on any atom is -0.346 e. The van der Waals surface area contributed by atoms with Gasteiger partial charge in [0.15, 0.2) is 0 Å². The maximum absolute atomic E-state index is 11.7. The number of aromatic nitrogens is 3. The third-order valence-corrected chi connectivity index (χ3v) is 2.46. The molecule has 3 N–H and O–H groups in total. The Bertz CT molecular complexity index is 717. The van der Waals surface area contributed by atoms with Gasteiger partial charge in [-0.25, -0.2) is 9.89 Å². The Kier molecular flexibility index (Phi) is 3.56. The maximum Gasteiger partial charge on any atom is 0.342 e. The molecule has 7 nitrogen and oxygen atoms in total. The van der Waals surface area contributed by atoms with Gasteiger partial charge in [0.2, 0.25) is 5.69 Å². The second-order valence-electron chi connectivity index (χ2n) is 4.03. The smallest absolute Gasteiger partial charge is 0.342 e. The van der Waals surface area contributed by atoms with Crippen LogP contribution in [0.2, 0.25) is 0 Å². The van der Waals surface area contributed by atoms with E-state index in [-0.39, 0.29) is 12.2 Å². The van der Waals surface area contributed by atoms with Crippen LogP contribution in [0.5, 0.6) is 0 Å². The molecule has 7 heteroatoms. The number of amides is 1. The summed E-state index contributed by atoms with van der Waals surface area (Å²) in [5, 5.41) is 7.98. The van der Waals surface area contributed by atoms with Gasteiger partial charge in [0, 0.05) is 6.54 Å². The first-order chi connectivity index (χ1) is 9.06. The predicted molar refractivity (Wildman–Crippen MR) is 67.8 cm³/mol. The minimum atomic E-state index is -0.814. The summed E-state index contributed by atoms with van der Waals surface area (Å²) >= 11 is 0. The van der Waals surface area contributed by atoms with Crippen molar-refractivity contribution in [1.29, 1.82) is 0 Å². The van der Waals surface area contributed by atoms with Crippen molar-refractivity contribution in [1.82, 2.24) is 20.5 Å². The van der Waals surface area contributed by atoms with Gasteiger partial charge >= 0.3 is 5.69 Å². The first-order valence-corrected chi connectivity index (χ1v) is 5.59. The number of hydrogen-bond donors (Lipinski definition) is 3. The molecule has 1 amide bonds. The van der Waals surface area contributed by atoms with E-state index in [1.165, 1.54) is 0 Å². The van der Waals surface area contributed by atoms with Crippen molar-refractivity contribution in [3.63, 3.8) is 0 Å². The molecule has 19 heavy (non-hydrogen) atoms. The molecule has 1 aromatic heterocycles. The number of benzene rings is 1. The molecule has 1 heterocycles. The van der Waals surface area contributed by atoms with Gasteiger partial charge in [0.05, 0.1) is 0 Å². The van der Waals surface area contributed by atoms with Crippen LogP contribution in [0.1, 0.15) is 21.6 Å². The molecule has 0 saturated heterocycles. The Balaban J connectivity index is 2.10. The van der Waals surface area contributed by atoms with Crippen molar-refractivity contribution in [2.24, 2.45) is 0 Å². The Morgan fingerprint density at radius 1 is 1.37 bits per heavy atom. The van der Waals surface area contributed by atoms with Crippen LogP contribution in [-0.4, -0.2) is 21.1 Å². The second kappa shape index (κ2) is 5.30. The molecule has 0 fully saturated rings. The van der Waals surface area contributed by atoms with E-state index in [4.69, 9.17) is 0 Å². The third kappa shape index (κ3) is 3.15. The first kappa shape index (κ1) is 12.7. The Labute approximate surface area is 107 Å². The molecule has 0 bridgehead atoms. The summed E-state index contributed by atoms with van der Waals surface area (Å²) in [6, 6.07) is 7.60. The van der Waals surface area contributed by atoms with Gasteiger partial charge in [-0.2, -0.15) is 5.10 Å². The number of carbonyl (C=O) groups excluding carboxylic acids is 1. The van der Waals surface area contributed by atoms with Crippen molar-refractivity contribution in [3.8, 4) is 0 Å². The Morgan fingerprint density at radius 3 is 2.84 bits per heavy atom. The third-order valence-electron chi connectivity index (χ3n) is 2.46. The van der Waals surface area contributed by atoms with Crippen LogP contribution in [0.25, 0.3) is 0 Å². The number of aromatic amines is 2. The number of nitrogens with one attached hydrogen (secondary N) is 3. The van der Waals surface area contributed by atoms with Gasteiger partial charge in [0.1, 0.15) is 0 Å². The summed E-state index contributed by atoms with van der Waals surface area (Å²) in [6.07, 6.45) is 0. The molecule has 0 aliphatic rings. The van der Waals surface area contributed by atoms with Crippen molar-refractivity contribution in [2.45, 2.75) is 13.5 Å². The fraction of sp³-hybridized carbons (Fsp3) is 0.167. The highest BCUT2D eigenvalue weighted by atomic mass is 16.2. The zero-order valence-electron chi connectivity index (χ0n) is 10.2. The van der Waals surface area contributed by atoms with Crippen molar-refractivity contribution in [2.75, 3.05) is 0 Å².